The zero-order chi connectivity index (χ0) is 31.9. The molecule has 0 radical (unpaired) electrons. The lowest BCUT2D eigenvalue weighted by atomic mass is 9.57. The molecule has 1 aromatic carbocycles. The van der Waals surface area contributed by atoms with E-state index in [2.05, 4.69) is 0 Å². The molecule has 0 bridgehead atoms. The van der Waals surface area contributed by atoms with Crippen LogP contribution in [0.2, 0.25) is 0 Å². The minimum absolute atomic E-state index is 0.254. The fraction of sp³-hybridized carbons (Fsp3) is 0.560. The molecular weight excluding hydrogens is 619 g/mol. The molecule has 1 aliphatic heterocycles. The number of aliphatic hydroxyl groups is 1. The van der Waals surface area contributed by atoms with Gasteiger partial charge in [-0.25, -0.2) is 17.2 Å². The molecule has 1 amide bonds. The van der Waals surface area contributed by atoms with Crippen molar-refractivity contribution in [2.75, 3.05) is 6.54 Å². The molecular formula is C25H22F11NO4S. The Bertz CT molecular complexity index is 1420. The van der Waals surface area contributed by atoms with E-state index < -0.39 is 111 Å². The normalized spacial score (nSPS) is 28.0. The summed E-state index contributed by atoms with van der Waals surface area (Å²) in [6.07, 6.45) is -24.0. The molecule has 1 N–H and O–H groups in total. The number of carbonyl (C=O) groups is 1. The zero-order valence-electron chi connectivity index (χ0n) is 21.3. The Morgan fingerprint density at radius 1 is 1.00 bits per heavy atom. The van der Waals surface area contributed by atoms with Crippen LogP contribution in [-0.4, -0.2) is 72.0 Å². The lowest BCUT2D eigenvalue weighted by molar-refractivity contribution is -0.325. The quantitative estimate of drug-likeness (QED) is 0.336. The predicted octanol–water partition coefficient (Wildman–Crippen LogP) is 5.75. The summed E-state index contributed by atoms with van der Waals surface area (Å²) in [5, 5.41) is 9.63. The number of fused-ring (bicyclic) bond motifs is 3. The number of allylic oxidation sites excluding steroid dienone is 4. The highest BCUT2D eigenvalue weighted by atomic mass is 32.2. The Labute approximate surface area is 231 Å². The summed E-state index contributed by atoms with van der Waals surface area (Å²) < 4.78 is 175. The molecule has 0 aromatic heterocycles. The smallest absolute Gasteiger partial charge is 0.376 e. The minimum atomic E-state index is -6.46. The van der Waals surface area contributed by atoms with E-state index in [1.807, 2.05) is 0 Å². The molecule has 4 rings (SSSR count). The van der Waals surface area contributed by atoms with Gasteiger partial charge in [0.2, 0.25) is 6.10 Å². The maximum Gasteiger partial charge on any atom is 0.435 e. The van der Waals surface area contributed by atoms with Gasteiger partial charge >= 0.3 is 24.2 Å². The first-order valence-corrected chi connectivity index (χ1v) is 13.7. The van der Waals surface area contributed by atoms with E-state index in [9.17, 15) is 66.6 Å². The van der Waals surface area contributed by atoms with Crippen molar-refractivity contribution in [2.45, 2.75) is 78.6 Å². The Hall–Kier alpha value is -2.69. The molecule has 1 heterocycles. The summed E-state index contributed by atoms with van der Waals surface area (Å²) in [7, 11) is -4.88. The highest BCUT2D eigenvalue weighted by Crippen LogP contribution is 2.64. The highest BCUT2D eigenvalue weighted by Gasteiger charge is 2.75. The molecule has 17 heteroatoms. The van der Waals surface area contributed by atoms with Gasteiger partial charge in [0.15, 0.2) is 9.84 Å². The third kappa shape index (κ3) is 4.35. The number of benzene rings is 1. The first kappa shape index (κ1) is 32.2. The molecule has 3 aliphatic rings. The first-order chi connectivity index (χ1) is 19.0. The number of sulfone groups is 1. The highest BCUT2D eigenvalue weighted by molar-refractivity contribution is 7.93. The van der Waals surface area contributed by atoms with Crippen molar-refractivity contribution in [3.05, 3.63) is 53.4 Å². The number of likely N-dealkylation sites (tertiary alicyclic amines) is 1. The maximum absolute atomic E-state index is 14.9. The van der Waals surface area contributed by atoms with Crippen LogP contribution in [0.4, 0.5) is 48.3 Å². The second-order valence-electron chi connectivity index (χ2n) is 10.6. The summed E-state index contributed by atoms with van der Waals surface area (Å²) in [6, 6.07) is 1.48. The molecule has 2 aliphatic carbocycles. The van der Waals surface area contributed by atoms with Crippen molar-refractivity contribution in [2.24, 2.45) is 5.41 Å². The molecule has 42 heavy (non-hydrogen) atoms. The number of alkyl halides is 10. The average molecular weight is 641 g/mol. The topological polar surface area (TPSA) is 74.7 Å². The van der Waals surface area contributed by atoms with Crippen LogP contribution in [0.3, 0.4) is 0 Å². The van der Waals surface area contributed by atoms with E-state index in [0.717, 1.165) is 31.2 Å². The zero-order valence-corrected chi connectivity index (χ0v) is 22.2. The van der Waals surface area contributed by atoms with Crippen molar-refractivity contribution in [3.8, 4) is 0 Å². The van der Waals surface area contributed by atoms with Crippen molar-refractivity contribution in [1.82, 2.24) is 4.90 Å². The van der Waals surface area contributed by atoms with E-state index in [0.29, 0.717) is 4.90 Å². The maximum atomic E-state index is 14.9. The van der Waals surface area contributed by atoms with Crippen molar-refractivity contribution >= 4 is 15.7 Å². The van der Waals surface area contributed by atoms with Crippen LogP contribution < -0.4 is 0 Å². The van der Waals surface area contributed by atoms with Gasteiger partial charge in [-0.3, -0.25) is 4.79 Å². The van der Waals surface area contributed by atoms with Gasteiger partial charge < -0.3 is 10.0 Å². The molecule has 4 atom stereocenters. The Morgan fingerprint density at radius 3 is 2.05 bits per heavy atom. The third-order valence-corrected chi connectivity index (χ3v) is 11.4. The second kappa shape index (κ2) is 9.66. The van der Waals surface area contributed by atoms with E-state index in [-0.39, 0.29) is 17.7 Å². The number of nitrogens with zero attached hydrogens (tertiary/aromatic N) is 1. The Balaban J connectivity index is 1.92. The Morgan fingerprint density at radius 2 is 1.55 bits per heavy atom. The SMILES string of the molecule is CC12CC=C(C(F)(C(F)(F)F)C(F)(F)F)C=C1CC[C@H]1N(C(=O)[C@H](O)C(F)(F)F)CC[C@]12S(=O)(=O)c1ccc(F)cc1. The van der Waals surface area contributed by atoms with Crippen LogP contribution in [0.15, 0.2) is 52.5 Å². The van der Waals surface area contributed by atoms with E-state index in [1.165, 1.54) is 0 Å². The standard InChI is InChI=1S/C25H22F11NO4S/c1-20-9-8-14(22(27,24(31,32)33)25(34,35)36)12-13(20)2-7-17-21(20,42(40,41)16-5-3-15(26)4-6-16)10-11-37(17)19(39)18(38)23(28,29)30/h3-6,8,12,17-18,38H,2,7,9-11H2,1H3/t17-,18+,20?,21+/m1/s1. The van der Waals surface area contributed by atoms with E-state index in [1.54, 1.807) is 0 Å². The second-order valence-corrected chi connectivity index (χ2v) is 12.9. The minimum Gasteiger partial charge on any atom is -0.376 e. The number of hydrogen-bond donors (Lipinski definition) is 1. The van der Waals surface area contributed by atoms with E-state index >= 15 is 0 Å². The number of amides is 1. The molecule has 5 nitrogen and oxygen atoms in total. The largest absolute Gasteiger partial charge is 0.435 e. The molecule has 2 fully saturated rings. The number of hydrogen-bond acceptors (Lipinski definition) is 4. The summed E-state index contributed by atoms with van der Waals surface area (Å²) >= 11 is 0. The fourth-order valence-electron chi connectivity index (χ4n) is 6.55. The van der Waals surface area contributed by atoms with Gasteiger partial charge in [0.1, 0.15) is 10.6 Å². The lowest BCUT2D eigenvalue weighted by Gasteiger charge is -2.55. The summed E-state index contributed by atoms with van der Waals surface area (Å²) in [5.74, 6) is -2.78. The summed E-state index contributed by atoms with van der Waals surface area (Å²) in [5.41, 5.74) is -9.98. The molecule has 1 saturated heterocycles. The van der Waals surface area contributed by atoms with Crippen LogP contribution in [0.5, 0.6) is 0 Å². The summed E-state index contributed by atoms with van der Waals surface area (Å²) in [4.78, 5) is 12.7. The van der Waals surface area contributed by atoms with Crippen molar-refractivity contribution in [3.63, 3.8) is 0 Å². The number of carbonyl (C=O) groups excluding carboxylic acids is 1. The first-order valence-electron chi connectivity index (χ1n) is 12.3. The predicted molar refractivity (Wildman–Crippen MR) is 123 cm³/mol. The number of halogens is 11. The van der Waals surface area contributed by atoms with Crippen LogP contribution in [0, 0.1) is 11.2 Å². The Kier molecular flexibility index (Phi) is 7.41. The van der Waals surface area contributed by atoms with Crippen LogP contribution in [0.1, 0.15) is 32.6 Å². The average Bonchev–Trinajstić information content (AvgIpc) is 3.28. The van der Waals surface area contributed by atoms with Gasteiger partial charge in [0.05, 0.1) is 10.9 Å². The molecule has 234 valence electrons. The van der Waals surface area contributed by atoms with Gasteiger partial charge in [0.25, 0.3) is 5.91 Å². The molecule has 1 aromatic rings. The number of rotatable bonds is 4. The summed E-state index contributed by atoms with van der Waals surface area (Å²) in [6.45, 7) is 0.462. The van der Waals surface area contributed by atoms with Crippen LogP contribution in [-0.2, 0) is 14.6 Å². The van der Waals surface area contributed by atoms with Crippen molar-refractivity contribution in [1.29, 1.82) is 0 Å². The molecule has 0 spiro atoms. The third-order valence-electron chi connectivity index (χ3n) is 8.64. The van der Waals surface area contributed by atoms with Crippen LogP contribution >= 0.6 is 0 Å². The van der Waals surface area contributed by atoms with Gasteiger partial charge in [-0.2, -0.15) is 39.5 Å². The van der Waals surface area contributed by atoms with Gasteiger partial charge in [-0.15, -0.1) is 0 Å². The number of aliphatic hydroxyl groups excluding tert-OH is 1. The monoisotopic (exact) mass is 641 g/mol. The van der Waals surface area contributed by atoms with Crippen molar-refractivity contribution < 1.29 is 66.6 Å². The van der Waals surface area contributed by atoms with Crippen LogP contribution in [0.25, 0.3) is 0 Å². The van der Waals surface area contributed by atoms with Gasteiger partial charge in [-0.1, -0.05) is 24.6 Å². The van der Waals surface area contributed by atoms with Gasteiger partial charge in [-0.05, 0) is 49.9 Å². The lowest BCUT2D eigenvalue weighted by Crippen LogP contribution is -2.65. The molecule has 1 unspecified atom stereocenters. The van der Waals surface area contributed by atoms with E-state index in [4.69, 9.17) is 0 Å². The molecule has 1 saturated carbocycles. The van der Waals surface area contributed by atoms with Gasteiger partial charge in [0, 0.05) is 17.5 Å². The fourth-order valence-corrected chi connectivity index (χ4v) is 9.24.